The summed E-state index contributed by atoms with van der Waals surface area (Å²) in [5.74, 6) is 0.424. The highest BCUT2D eigenvalue weighted by Crippen LogP contribution is 2.36. The number of ether oxygens (including phenoxy) is 2. The van der Waals surface area contributed by atoms with E-state index in [-0.39, 0.29) is 36.6 Å². The van der Waals surface area contributed by atoms with Crippen molar-refractivity contribution in [3.8, 4) is 0 Å². The quantitative estimate of drug-likeness (QED) is 0.208. The molecule has 4 nitrogen and oxygen atoms in total. The molecule has 0 radical (unpaired) electrons. The van der Waals surface area contributed by atoms with Gasteiger partial charge in [0.15, 0.2) is 0 Å². The molecule has 2 fully saturated rings. The van der Waals surface area contributed by atoms with Crippen LogP contribution in [0.3, 0.4) is 0 Å². The van der Waals surface area contributed by atoms with Gasteiger partial charge in [-0.15, -0.1) is 0 Å². The molecular formula is C20H38INO3. The van der Waals surface area contributed by atoms with Gasteiger partial charge < -0.3 is 37.9 Å². The summed E-state index contributed by atoms with van der Waals surface area (Å²) >= 11 is 0. The molecule has 3 unspecified atom stereocenters. The lowest BCUT2D eigenvalue weighted by molar-refractivity contribution is -0.947. The number of quaternary nitrogens is 1. The third-order valence-electron chi connectivity index (χ3n) is 6.07. The van der Waals surface area contributed by atoms with Gasteiger partial charge in [0.05, 0.1) is 39.4 Å². The van der Waals surface area contributed by atoms with Crippen molar-refractivity contribution >= 4 is 5.97 Å². The molecule has 5 heteroatoms. The SMILES string of the molecule is CCCCCCCOC(=O)COCC1CCC[N+]2(C)CCCCC12.[I-]. The Bertz CT molecular complexity index is 376. The van der Waals surface area contributed by atoms with E-state index in [0.717, 1.165) is 25.5 Å². The molecule has 0 N–H and O–H groups in total. The number of unbranched alkanes of at least 4 members (excludes halogenated alkanes) is 4. The summed E-state index contributed by atoms with van der Waals surface area (Å²) in [7, 11) is 2.42. The van der Waals surface area contributed by atoms with Crippen LogP contribution < -0.4 is 24.0 Å². The Kier molecular flexibility index (Phi) is 11.6. The zero-order valence-electron chi connectivity index (χ0n) is 16.3. The van der Waals surface area contributed by atoms with Crippen molar-refractivity contribution in [3.05, 3.63) is 0 Å². The molecule has 2 heterocycles. The molecule has 2 aliphatic rings. The van der Waals surface area contributed by atoms with Crippen molar-refractivity contribution < 1.29 is 42.7 Å². The minimum atomic E-state index is -0.192. The molecule has 0 aromatic carbocycles. The highest BCUT2D eigenvalue weighted by molar-refractivity contribution is 5.70. The largest absolute Gasteiger partial charge is 1.00 e. The molecule has 148 valence electrons. The second-order valence-electron chi connectivity index (χ2n) is 8.04. The van der Waals surface area contributed by atoms with Gasteiger partial charge in [-0.2, -0.15) is 0 Å². The maximum absolute atomic E-state index is 11.8. The molecule has 0 aromatic heterocycles. The predicted molar refractivity (Wildman–Crippen MR) is 96.8 cm³/mol. The number of hydrogen-bond acceptors (Lipinski definition) is 3. The Morgan fingerprint density at radius 2 is 1.80 bits per heavy atom. The number of hydrogen-bond donors (Lipinski definition) is 0. The number of carbonyl (C=O) groups excluding carboxylic acids is 1. The molecule has 0 bridgehead atoms. The van der Waals surface area contributed by atoms with Crippen LogP contribution in [0.5, 0.6) is 0 Å². The van der Waals surface area contributed by atoms with Crippen LogP contribution >= 0.6 is 0 Å². The van der Waals surface area contributed by atoms with Crippen LogP contribution in [0.15, 0.2) is 0 Å². The number of nitrogens with zero attached hydrogens (tertiary/aromatic N) is 1. The molecule has 25 heavy (non-hydrogen) atoms. The fraction of sp³-hybridized carbons (Fsp3) is 0.950. The maximum Gasteiger partial charge on any atom is 0.332 e. The van der Waals surface area contributed by atoms with Crippen LogP contribution in [-0.2, 0) is 14.3 Å². The lowest BCUT2D eigenvalue weighted by atomic mass is 9.82. The number of esters is 1. The predicted octanol–water partition coefficient (Wildman–Crippen LogP) is 0.930. The first-order valence-corrected chi connectivity index (χ1v) is 10.2. The van der Waals surface area contributed by atoms with Gasteiger partial charge in [0.25, 0.3) is 0 Å². The van der Waals surface area contributed by atoms with Gasteiger partial charge in [-0.3, -0.25) is 0 Å². The van der Waals surface area contributed by atoms with Crippen LogP contribution in [-0.4, -0.2) is 56.5 Å². The lowest BCUT2D eigenvalue weighted by Crippen LogP contribution is -3.00. The third-order valence-corrected chi connectivity index (χ3v) is 6.07. The Labute approximate surface area is 171 Å². The Hall–Kier alpha value is 0.120. The first kappa shape index (κ1) is 23.2. The number of carbonyl (C=O) groups is 1. The number of halogens is 1. The Morgan fingerprint density at radius 1 is 1.04 bits per heavy atom. The molecule has 3 atom stereocenters. The number of rotatable bonds is 10. The fourth-order valence-corrected chi connectivity index (χ4v) is 4.65. The van der Waals surface area contributed by atoms with E-state index in [0.29, 0.717) is 12.5 Å². The molecule has 2 rings (SSSR count). The molecule has 0 spiro atoms. The molecule has 0 saturated carbocycles. The van der Waals surface area contributed by atoms with Gasteiger partial charge in [0.1, 0.15) is 6.61 Å². The van der Waals surface area contributed by atoms with Crippen molar-refractivity contribution in [1.29, 1.82) is 0 Å². The molecule has 2 aliphatic heterocycles. The van der Waals surface area contributed by atoms with E-state index < -0.39 is 0 Å². The van der Waals surface area contributed by atoms with Gasteiger partial charge in [0.2, 0.25) is 0 Å². The average Bonchev–Trinajstić information content (AvgIpc) is 2.57. The van der Waals surface area contributed by atoms with Crippen molar-refractivity contribution in [1.82, 2.24) is 0 Å². The summed E-state index contributed by atoms with van der Waals surface area (Å²) in [5.41, 5.74) is 0. The van der Waals surface area contributed by atoms with Crippen LogP contribution in [0.2, 0.25) is 0 Å². The van der Waals surface area contributed by atoms with Gasteiger partial charge in [0, 0.05) is 12.3 Å². The van der Waals surface area contributed by atoms with Crippen molar-refractivity contribution in [2.75, 3.05) is 40.0 Å². The Balaban J connectivity index is 0.00000312. The van der Waals surface area contributed by atoms with E-state index >= 15 is 0 Å². The van der Waals surface area contributed by atoms with E-state index in [2.05, 4.69) is 14.0 Å². The van der Waals surface area contributed by atoms with Gasteiger partial charge in [-0.25, -0.2) is 4.79 Å². The zero-order chi connectivity index (χ0) is 17.3. The van der Waals surface area contributed by atoms with Crippen molar-refractivity contribution in [2.45, 2.75) is 77.2 Å². The molecule has 0 aromatic rings. The minimum Gasteiger partial charge on any atom is -1.00 e. The summed E-state index contributed by atoms with van der Waals surface area (Å²) in [6, 6.07) is 0.738. The van der Waals surface area contributed by atoms with E-state index in [9.17, 15) is 4.79 Å². The highest BCUT2D eigenvalue weighted by atomic mass is 127. The fourth-order valence-electron chi connectivity index (χ4n) is 4.65. The highest BCUT2D eigenvalue weighted by Gasteiger charge is 2.43. The average molecular weight is 467 g/mol. The first-order valence-electron chi connectivity index (χ1n) is 10.2. The second kappa shape index (κ2) is 12.5. The molecule has 2 saturated heterocycles. The summed E-state index contributed by atoms with van der Waals surface area (Å²) in [6.45, 7) is 6.25. The topological polar surface area (TPSA) is 35.5 Å². The van der Waals surface area contributed by atoms with Gasteiger partial charge in [-0.05, 0) is 32.1 Å². The molecule has 0 aliphatic carbocycles. The summed E-state index contributed by atoms with van der Waals surface area (Å²) in [5, 5.41) is 0. The van der Waals surface area contributed by atoms with Crippen LogP contribution in [0, 0.1) is 5.92 Å². The van der Waals surface area contributed by atoms with Gasteiger partial charge >= 0.3 is 5.97 Å². The standard InChI is InChI=1S/C20H38NO3.HI/c1-3-4-5-6-9-15-24-20(22)17-23-16-18-11-10-14-21(2)13-8-7-12-19(18)21;/h18-19H,3-17H2,1-2H3;1H/q+1;/p-1. The van der Waals surface area contributed by atoms with Crippen molar-refractivity contribution in [2.24, 2.45) is 5.92 Å². The maximum atomic E-state index is 11.8. The molecular weight excluding hydrogens is 429 g/mol. The van der Waals surface area contributed by atoms with Crippen LogP contribution in [0.4, 0.5) is 0 Å². The lowest BCUT2D eigenvalue weighted by Gasteiger charge is -2.51. The number of fused-ring (bicyclic) bond motifs is 1. The summed E-state index contributed by atoms with van der Waals surface area (Å²) < 4.78 is 12.2. The van der Waals surface area contributed by atoms with Gasteiger partial charge in [-0.1, -0.05) is 32.6 Å². The third kappa shape index (κ3) is 7.71. The smallest absolute Gasteiger partial charge is 0.332 e. The minimum absolute atomic E-state index is 0. The second-order valence-corrected chi connectivity index (χ2v) is 8.04. The zero-order valence-corrected chi connectivity index (χ0v) is 18.5. The summed E-state index contributed by atoms with van der Waals surface area (Å²) in [4.78, 5) is 11.8. The summed E-state index contributed by atoms with van der Waals surface area (Å²) in [6.07, 6.45) is 12.5. The van der Waals surface area contributed by atoms with E-state index in [4.69, 9.17) is 9.47 Å². The van der Waals surface area contributed by atoms with E-state index in [1.54, 1.807) is 0 Å². The van der Waals surface area contributed by atoms with Crippen molar-refractivity contribution in [3.63, 3.8) is 0 Å². The monoisotopic (exact) mass is 467 g/mol. The van der Waals surface area contributed by atoms with E-state index in [1.165, 1.54) is 68.9 Å². The number of piperidine rings is 2. The van der Waals surface area contributed by atoms with Crippen LogP contribution in [0.25, 0.3) is 0 Å². The first-order chi connectivity index (χ1) is 11.7. The Morgan fingerprint density at radius 3 is 2.60 bits per heavy atom. The normalized spacial score (nSPS) is 28.7. The molecule has 0 amide bonds. The van der Waals surface area contributed by atoms with E-state index in [1.807, 2.05) is 0 Å². The van der Waals surface area contributed by atoms with Crippen LogP contribution in [0.1, 0.15) is 71.1 Å².